The quantitative estimate of drug-likeness (QED) is 0.117. The molecule has 12 nitrogen and oxygen atoms in total. The van der Waals surface area contributed by atoms with E-state index in [4.69, 9.17) is 44.9 Å². The molecule has 0 unspecified atom stereocenters. The van der Waals surface area contributed by atoms with Crippen molar-refractivity contribution in [1.82, 2.24) is 58.6 Å². The number of rotatable bonds is 12. The molecular formula is C131H82N12. The Kier molecular flexibility index (Phi) is 20.3. The molecule has 0 amide bonds. The van der Waals surface area contributed by atoms with E-state index in [0.29, 0.717) is 52.4 Å². The lowest BCUT2D eigenvalue weighted by atomic mass is 10.0. The van der Waals surface area contributed by atoms with Crippen LogP contribution in [0.3, 0.4) is 0 Å². The molecule has 0 saturated heterocycles. The fraction of sp³-hybridized carbons (Fsp3) is 0. The molecule has 0 aliphatic heterocycles. The standard InChI is InChI=1S/2C45H28N4.C41H26N4/c1-2-13-30(14-3-1)43-46-44(35-23-22-29-12-4-5-15-31(29)24-35)48-45(47-43)40-28-36(25-34-18-8-9-19-37(34)40)49-41-21-11-10-20-38(41)39-26-32-16-6-7-17-33(32)27-42(39)49;1-2-13-30(14-3-1)43-46-44(35-23-22-29-12-4-5-15-31(29)24-35)48-45(47-43)36-25-34-18-8-9-19-37(34)41(28-36)49-40-21-11-10-20-38(40)39-26-32-16-6-7-17-33(32)27-42(39)49;1-2-12-28(13-3-1)39-42-40(44-41(43-39)33-22-21-27-11-4-5-14-29(27)23-33)32-17-10-18-34(24-32)45-37-20-9-8-19-35(37)36-25-30-15-6-7-16-31(30)26-38(36)45/h2*1-28H;1-26H. The predicted molar refractivity (Wildman–Crippen MR) is 591 cm³/mol. The van der Waals surface area contributed by atoms with Crippen molar-refractivity contribution in [1.29, 1.82) is 0 Å². The van der Waals surface area contributed by atoms with Gasteiger partial charge in [0.1, 0.15) is 0 Å². The van der Waals surface area contributed by atoms with E-state index in [1.165, 1.54) is 97.3 Å². The lowest BCUT2D eigenvalue weighted by Crippen LogP contribution is -2.02. The molecule has 666 valence electrons. The molecule has 29 aromatic rings. The molecule has 0 spiro atoms. The average molecular weight is 1820 g/mol. The minimum absolute atomic E-state index is 0.634. The molecule has 143 heavy (non-hydrogen) atoms. The largest absolute Gasteiger partial charge is 0.309 e. The van der Waals surface area contributed by atoms with E-state index in [2.05, 4.69) is 444 Å². The van der Waals surface area contributed by atoms with Crippen molar-refractivity contribution in [3.8, 4) is 120 Å². The Hall–Kier alpha value is -19.4. The van der Waals surface area contributed by atoms with Crippen LogP contribution in [0.2, 0.25) is 0 Å². The fourth-order valence-corrected chi connectivity index (χ4v) is 20.8. The lowest BCUT2D eigenvalue weighted by molar-refractivity contribution is 1.07. The molecule has 0 fully saturated rings. The van der Waals surface area contributed by atoms with E-state index in [0.717, 1.165) is 121 Å². The van der Waals surface area contributed by atoms with Crippen molar-refractivity contribution in [3.05, 3.63) is 497 Å². The number of nitrogens with zero attached hydrogens (tertiary/aromatic N) is 12. The third kappa shape index (κ3) is 15.2. The van der Waals surface area contributed by atoms with Crippen molar-refractivity contribution in [2.75, 3.05) is 0 Å². The molecular weight excluding hydrogens is 1740 g/mol. The first-order valence-corrected chi connectivity index (χ1v) is 48.2. The van der Waals surface area contributed by atoms with E-state index >= 15 is 0 Å². The van der Waals surface area contributed by atoms with Crippen LogP contribution >= 0.6 is 0 Å². The molecule has 6 heterocycles. The highest BCUT2D eigenvalue weighted by Gasteiger charge is 2.25. The molecule has 12 heteroatoms. The van der Waals surface area contributed by atoms with Gasteiger partial charge >= 0.3 is 0 Å². The summed E-state index contributed by atoms with van der Waals surface area (Å²) < 4.78 is 7.15. The van der Waals surface area contributed by atoms with Gasteiger partial charge in [-0.15, -0.1) is 0 Å². The van der Waals surface area contributed by atoms with E-state index in [-0.39, 0.29) is 0 Å². The fourth-order valence-electron chi connectivity index (χ4n) is 20.8. The van der Waals surface area contributed by atoms with Gasteiger partial charge in [-0.25, -0.2) is 44.9 Å². The van der Waals surface area contributed by atoms with E-state index in [1.807, 2.05) is 66.7 Å². The number of aromatic nitrogens is 12. The number of hydrogen-bond donors (Lipinski definition) is 0. The Morgan fingerprint density at radius 2 is 0.385 bits per heavy atom. The van der Waals surface area contributed by atoms with Gasteiger partial charge < -0.3 is 13.7 Å². The Labute approximate surface area is 821 Å². The highest BCUT2D eigenvalue weighted by molar-refractivity contribution is 6.18. The van der Waals surface area contributed by atoms with Gasteiger partial charge in [0, 0.05) is 99.1 Å². The van der Waals surface area contributed by atoms with Crippen LogP contribution in [0.4, 0.5) is 0 Å². The molecule has 23 aromatic carbocycles. The van der Waals surface area contributed by atoms with Crippen LogP contribution in [0.1, 0.15) is 0 Å². The molecule has 0 radical (unpaired) electrons. The van der Waals surface area contributed by atoms with E-state index in [1.54, 1.807) is 0 Å². The second-order valence-electron chi connectivity index (χ2n) is 36.4. The van der Waals surface area contributed by atoms with Crippen molar-refractivity contribution < 1.29 is 0 Å². The molecule has 0 saturated carbocycles. The summed E-state index contributed by atoms with van der Waals surface area (Å²) in [6.45, 7) is 0. The molecule has 0 atom stereocenters. The van der Waals surface area contributed by atoms with Gasteiger partial charge in [0.15, 0.2) is 52.4 Å². The molecule has 0 bridgehead atoms. The van der Waals surface area contributed by atoms with Gasteiger partial charge in [0.2, 0.25) is 0 Å². The van der Waals surface area contributed by atoms with Gasteiger partial charge in [-0.05, 0) is 190 Å². The van der Waals surface area contributed by atoms with Crippen LogP contribution in [0.15, 0.2) is 497 Å². The van der Waals surface area contributed by atoms with Gasteiger partial charge in [0.25, 0.3) is 0 Å². The third-order valence-electron chi connectivity index (χ3n) is 27.7. The monoisotopic (exact) mass is 1820 g/mol. The number of hydrogen-bond acceptors (Lipinski definition) is 9. The zero-order valence-corrected chi connectivity index (χ0v) is 77.2. The maximum atomic E-state index is 5.21. The minimum atomic E-state index is 0.634. The first kappa shape index (κ1) is 83.0. The van der Waals surface area contributed by atoms with Crippen LogP contribution < -0.4 is 0 Å². The van der Waals surface area contributed by atoms with Crippen LogP contribution in [-0.4, -0.2) is 58.6 Å². The van der Waals surface area contributed by atoms with E-state index in [9.17, 15) is 0 Å². The van der Waals surface area contributed by atoms with Gasteiger partial charge in [-0.1, -0.05) is 388 Å². The molecule has 0 aliphatic carbocycles. The summed E-state index contributed by atoms with van der Waals surface area (Å²) in [5.74, 6) is 5.80. The molecule has 6 aromatic heterocycles. The third-order valence-corrected chi connectivity index (χ3v) is 27.7. The SMILES string of the molecule is c1ccc(-c2nc(-c3ccc4ccccc4c3)nc(-c3cc(-n4c5ccccc5c5cc6ccccc6cc54)c4ccccc4c3)n2)cc1.c1ccc(-c2nc(-c3ccc4ccccc4c3)nc(-c3cc(-n4c5ccccc5c5cc6ccccc6cc54)cc4ccccc34)n2)cc1.c1ccc(-c2nc(-c3cccc(-n4c5ccccc5c5cc6ccccc6cc54)c3)nc(-c3ccc4ccccc4c3)n2)cc1. The molecule has 29 rings (SSSR count). The maximum absolute atomic E-state index is 5.21. The minimum Gasteiger partial charge on any atom is -0.309 e. The highest BCUT2D eigenvalue weighted by Crippen LogP contribution is 2.45. The Balaban J connectivity index is 0.000000107. The summed E-state index contributed by atoms with van der Waals surface area (Å²) in [5, 5.41) is 26.2. The summed E-state index contributed by atoms with van der Waals surface area (Å²) in [6, 6.07) is 175. The normalized spacial score (nSPS) is 11.6. The summed E-state index contributed by atoms with van der Waals surface area (Å²) in [5.41, 5.74) is 18.7. The number of benzene rings is 23. The van der Waals surface area contributed by atoms with Crippen LogP contribution in [-0.2, 0) is 0 Å². The van der Waals surface area contributed by atoms with Crippen molar-refractivity contribution in [2.24, 2.45) is 0 Å². The zero-order valence-electron chi connectivity index (χ0n) is 77.2. The first-order valence-electron chi connectivity index (χ1n) is 48.2. The predicted octanol–water partition coefficient (Wildman–Crippen LogP) is 33.1. The number of fused-ring (bicyclic) bond motifs is 17. The van der Waals surface area contributed by atoms with E-state index < -0.39 is 0 Å². The van der Waals surface area contributed by atoms with Crippen LogP contribution in [0.25, 0.3) is 271 Å². The van der Waals surface area contributed by atoms with Crippen molar-refractivity contribution >= 4 is 152 Å². The van der Waals surface area contributed by atoms with Gasteiger partial charge in [0.05, 0.1) is 38.8 Å². The van der Waals surface area contributed by atoms with Crippen molar-refractivity contribution in [3.63, 3.8) is 0 Å². The van der Waals surface area contributed by atoms with Crippen molar-refractivity contribution in [2.45, 2.75) is 0 Å². The summed E-state index contributed by atoms with van der Waals surface area (Å²) >= 11 is 0. The van der Waals surface area contributed by atoms with Crippen LogP contribution in [0.5, 0.6) is 0 Å². The molecule has 0 N–H and O–H groups in total. The topological polar surface area (TPSA) is 131 Å². The lowest BCUT2D eigenvalue weighted by Gasteiger charge is -2.15. The first-order chi connectivity index (χ1) is 70.8. The highest BCUT2D eigenvalue weighted by atomic mass is 15.1. The summed E-state index contributed by atoms with van der Waals surface area (Å²) in [7, 11) is 0. The summed E-state index contributed by atoms with van der Waals surface area (Å²) in [6.07, 6.45) is 0. The Morgan fingerprint density at radius 1 is 0.119 bits per heavy atom. The number of para-hydroxylation sites is 3. The van der Waals surface area contributed by atoms with Gasteiger partial charge in [-0.2, -0.15) is 0 Å². The zero-order chi connectivity index (χ0) is 94.4. The Bertz CT molecular complexity index is 10100. The molecule has 0 aliphatic rings. The maximum Gasteiger partial charge on any atom is 0.164 e. The second kappa shape index (κ2) is 35.0. The average Bonchev–Trinajstić information content (AvgIpc) is 1.58. The Morgan fingerprint density at radius 3 is 0.783 bits per heavy atom. The smallest absolute Gasteiger partial charge is 0.164 e. The van der Waals surface area contributed by atoms with Gasteiger partial charge in [-0.3, -0.25) is 0 Å². The van der Waals surface area contributed by atoms with Crippen LogP contribution in [0, 0.1) is 0 Å². The summed E-state index contributed by atoms with van der Waals surface area (Å²) in [4.78, 5) is 45.8. The second-order valence-corrected chi connectivity index (χ2v) is 36.4.